The van der Waals surface area contributed by atoms with Gasteiger partial charge in [-0.3, -0.25) is 24.3 Å². The number of hydrogen-bond acceptors (Lipinski definition) is 9. The molecule has 266 valence electrons. The zero-order valence-electron chi connectivity index (χ0n) is 29.8. The van der Waals surface area contributed by atoms with Crippen LogP contribution in [0.4, 0.5) is 9.59 Å². The predicted octanol–water partition coefficient (Wildman–Crippen LogP) is 1.67. The minimum Gasteiger partial charge on any atom is -0.390 e. The van der Waals surface area contributed by atoms with Crippen LogP contribution in [0.3, 0.4) is 0 Å². The summed E-state index contributed by atoms with van der Waals surface area (Å²) in [6, 6.07) is 8.47. The summed E-state index contributed by atoms with van der Waals surface area (Å²) >= 11 is 0. The van der Waals surface area contributed by atoms with Gasteiger partial charge >= 0.3 is 12.1 Å². The number of benzene rings is 1. The summed E-state index contributed by atoms with van der Waals surface area (Å²) in [4.78, 5) is 57.9. The highest BCUT2D eigenvalue weighted by Gasteiger charge is 2.60. The third-order valence-corrected chi connectivity index (χ3v) is 9.79. The lowest BCUT2D eigenvalue weighted by Gasteiger charge is -2.50. The lowest BCUT2D eigenvalue weighted by atomic mass is 9.71. The predicted molar refractivity (Wildman–Crippen MR) is 181 cm³/mol. The second-order valence-electron chi connectivity index (χ2n) is 17.3. The van der Waals surface area contributed by atoms with Gasteiger partial charge in [-0.15, -0.1) is 0 Å². The van der Waals surface area contributed by atoms with Crippen molar-refractivity contribution in [1.29, 1.82) is 0 Å². The van der Waals surface area contributed by atoms with E-state index in [9.17, 15) is 29.4 Å². The Morgan fingerprint density at radius 3 is 1.35 bits per heavy atom. The average Bonchev–Trinajstić information content (AvgIpc) is 3.23. The van der Waals surface area contributed by atoms with Crippen LogP contribution in [0.2, 0.25) is 0 Å². The minimum absolute atomic E-state index is 0.0344. The SMILES string of the molecule is CC1(C)CC2(CC(C)(C)N1)NC(=O)N(CC(O)CN(Cc1ccccc1)CC(O)CN1C(=O)NC3(CC(C)(C)NC(C)(C)C3)C1=O)C2=O. The minimum atomic E-state index is -1.12. The average molecular weight is 670 g/mol. The zero-order chi connectivity index (χ0) is 35.5. The molecule has 2 atom stereocenters. The molecule has 48 heavy (non-hydrogen) atoms. The zero-order valence-corrected chi connectivity index (χ0v) is 29.8. The van der Waals surface area contributed by atoms with Crippen LogP contribution in [0.15, 0.2) is 30.3 Å². The van der Waals surface area contributed by atoms with Crippen LogP contribution in [0, 0.1) is 0 Å². The van der Waals surface area contributed by atoms with Gasteiger partial charge < -0.3 is 31.5 Å². The topological polar surface area (TPSA) is 167 Å². The van der Waals surface area contributed by atoms with Crippen LogP contribution in [-0.4, -0.2) is 120 Å². The molecule has 0 aromatic heterocycles. The molecule has 4 heterocycles. The number of imide groups is 2. The third-order valence-electron chi connectivity index (χ3n) is 9.79. The number of urea groups is 2. The van der Waals surface area contributed by atoms with E-state index in [1.54, 1.807) is 0 Å². The fourth-order valence-corrected chi connectivity index (χ4v) is 9.49. The van der Waals surface area contributed by atoms with Crippen LogP contribution in [0.25, 0.3) is 0 Å². The molecule has 6 amide bonds. The monoisotopic (exact) mass is 669 g/mol. The van der Waals surface area contributed by atoms with Gasteiger partial charge in [0.2, 0.25) is 0 Å². The summed E-state index contributed by atoms with van der Waals surface area (Å²) in [5, 5.41) is 35.6. The summed E-state index contributed by atoms with van der Waals surface area (Å²) in [6.07, 6.45) is -0.559. The quantitative estimate of drug-likeness (QED) is 0.203. The maximum absolute atomic E-state index is 13.8. The molecule has 2 unspecified atom stereocenters. The highest BCUT2D eigenvalue weighted by Crippen LogP contribution is 2.41. The number of aliphatic hydroxyl groups is 2. The number of β-amino-alcohol motifs (C(OH)–C–C–N with tert-alkyl or cyclic N) is 2. The molecule has 4 aliphatic heterocycles. The summed E-state index contributed by atoms with van der Waals surface area (Å²) in [5.41, 5.74) is -2.77. The number of nitrogens with one attached hydrogen (secondary N) is 4. The van der Waals surface area contributed by atoms with E-state index in [1.807, 2.05) is 90.6 Å². The first-order valence-corrected chi connectivity index (χ1v) is 17.0. The standard InChI is InChI=1S/C35H55N7O6/c1-30(2)19-34(20-31(3,4)38-30)26(45)41(28(47)36-34)17-24(43)15-40(14-23-12-10-9-11-13-23)16-25(44)18-42-27(46)35(37-29(42)48)21-32(5,6)39-33(7,8)22-35/h9-13,24-25,38-39,43-44H,14-22H2,1-8H3,(H,36,47)(H,37,48). The van der Waals surface area contributed by atoms with Crippen molar-refractivity contribution >= 4 is 23.9 Å². The normalized spacial score (nSPS) is 26.2. The van der Waals surface area contributed by atoms with Gasteiger partial charge in [-0.1, -0.05) is 30.3 Å². The van der Waals surface area contributed by atoms with Crippen LogP contribution in [0.5, 0.6) is 0 Å². The van der Waals surface area contributed by atoms with Crippen LogP contribution in [0.1, 0.15) is 86.6 Å². The van der Waals surface area contributed by atoms with Gasteiger partial charge in [-0.2, -0.15) is 0 Å². The number of hydrogen-bond donors (Lipinski definition) is 6. The summed E-state index contributed by atoms with van der Waals surface area (Å²) in [6.45, 7) is 16.1. The van der Waals surface area contributed by atoms with E-state index in [1.165, 1.54) is 0 Å². The van der Waals surface area contributed by atoms with Crippen molar-refractivity contribution < 1.29 is 29.4 Å². The van der Waals surface area contributed by atoms with E-state index in [0.717, 1.165) is 15.4 Å². The molecule has 0 aliphatic carbocycles. The second-order valence-corrected chi connectivity index (χ2v) is 17.3. The molecule has 6 N–H and O–H groups in total. The first-order valence-electron chi connectivity index (χ1n) is 17.0. The smallest absolute Gasteiger partial charge is 0.325 e. The molecule has 0 radical (unpaired) electrons. The number of carbonyl (C=O) groups excluding carboxylic acids is 4. The molecule has 13 heteroatoms. The maximum Gasteiger partial charge on any atom is 0.325 e. The second kappa shape index (κ2) is 12.3. The highest BCUT2D eigenvalue weighted by molar-refractivity contribution is 6.08. The van der Waals surface area contributed by atoms with E-state index >= 15 is 0 Å². The fourth-order valence-electron chi connectivity index (χ4n) is 9.49. The van der Waals surface area contributed by atoms with Crippen molar-refractivity contribution in [2.45, 2.75) is 133 Å². The summed E-state index contributed by atoms with van der Waals surface area (Å²) in [7, 11) is 0. The first-order chi connectivity index (χ1) is 22.0. The number of piperidine rings is 2. The van der Waals surface area contributed by atoms with Crippen molar-refractivity contribution in [3.63, 3.8) is 0 Å². The molecule has 13 nitrogen and oxygen atoms in total. The molecule has 4 saturated heterocycles. The number of nitrogens with zero attached hydrogens (tertiary/aromatic N) is 3. The Balaban J connectivity index is 1.27. The highest BCUT2D eigenvalue weighted by atomic mass is 16.3. The third kappa shape index (κ3) is 7.70. The van der Waals surface area contributed by atoms with Crippen molar-refractivity contribution in [2.24, 2.45) is 0 Å². The first kappa shape index (κ1) is 36.2. The Hall–Kier alpha value is -3.10. The molecule has 1 aromatic rings. The summed E-state index contributed by atoms with van der Waals surface area (Å²) < 4.78 is 0. The molecular formula is C35H55N7O6. The number of rotatable bonds is 10. The molecule has 0 saturated carbocycles. The number of carbonyl (C=O) groups is 4. The number of amides is 6. The Kier molecular flexibility index (Phi) is 9.31. The van der Waals surface area contributed by atoms with E-state index in [2.05, 4.69) is 21.3 Å². The van der Waals surface area contributed by atoms with Crippen molar-refractivity contribution in [1.82, 2.24) is 36.0 Å². The van der Waals surface area contributed by atoms with Crippen molar-refractivity contribution in [2.75, 3.05) is 26.2 Å². The molecule has 4 fully saturated rings. The van der Waals surface area contributed by atoms with E-state index < -0.39 is 57.5 Å². The van der Waals surface area contributed by atoms with E-state index in [0.29, 0.717) is 32.2 Å². The lowest BCUT2D eigenvalue weighted by Crippen LogP contribution is -2.68. The van der Waals surface area contributed by atoms with E-state index in [-0.39, 0.29) is 38.0 Å². The Morgan fingerprint density at radius 2 is 1.00 bits per heavy atom. The Bertz CT molecular complexity index is 1310. The molecule has 2 spiro atoms. The van der Waals surface area contributed by atoms with Gasteiger partial charge in [0, 0.05) is 41.8 Å². The molecule has 1 aromatic carbocycles. The van der Waals surface area contributed by atoms with Gasteiger partial charge in [0.05, 0.1) is 25.3 Å². The van der Waals surface area contributed by atoms with Crippen LogP contribution < -0.4 is 21.3 Å². The lowest BCUT2D eigenvalue weighted by molar-refractivity contribution is -0.136. The fraction of sp³-hybridized carbons (Fsp3) is 0.714. The molecule has 5 rings (SSSR count). The van der Waals surface area contributed by atoms with Gasteiger partial charge in [0.15, 0.2) is 0 Å². The number of aliphatic hydroxyl groups excluding tert-OH is 2. The van der Waals surface area contributed by atoms with E-state index in [4.69, 9.17) is 0 Å². The Labute approximate surface area is 284 Å². The van der Waals surface area contributed by atoms with Gasteiger partial charge in [0.25, 0.3) is 11.8 Å². The van der Waals surface area contributed by atoms with Gasteiger partial charge in [-0.25, -0.2) is 9.59 Å². The van der Waals surface area contributed by atoms with Gasteiger partial charge in [-0.05, 0) is 86.6 Å². The molecular weight excluding hydrogens is 614 g/mol. The van der Waals surface area contributed by atoms with Crippen LogP contribution >= 0.6 is 0 Å². The largest absolute Gasteiger partial charge is 0.390 e. The van der Waals surface area contributed by atoms with Gasteiger partial charge in [0.1, 0.15) is 11.1 Å². The van der Waals surface area contributed by atoms with Crippen molar-refractivity contribution in [3.05, 3.63) is 35.9 Å². The van der Waals surface area contributed by atoms with Crippen molar-refractivity contribution in [3.8, 4) is 0 Å². The maximum atomic E-state index is 13.8. The van der Waals surface area contributed by atoms with Crippen LogP contribution in [-0.2, 0) is 16.1 Å². The molecule has 4 aliphatic rings. The molecule has 0 bridgehead atoms. The summed E-state index contributed by atoms with van der Waals surface area (Å²) in [5.74, 6) is -0.693. The Morgan fingerprint density at radius 1 is 0.646 bits per heavy atom.